The van der Waals surface area contributed by atoms with Crippen molar-refractivity contribution in [1.82, 2.24) is 0 Å². The van der Waals surface area contributed by atoms with E-state index in [-0.39, 0.29) is 10.6 Å². The topological polar surface area (TPSA) is 43.1 Å². The van der Waals surface area contributed by atoms with Crippen molar-refractivity contribution in [1.29, 1.82) is 0 Å². The molecule has 2 aromatic rings. The summed E-state index contributed by atoms with van der Waals surface area (Å²) in [7, 11) is 0. The summed E-state index contributed by atoms with van der Waals surface area (Å²) in [5.41, 5.74) is 2.71. The first kappa shape index (κ1) is 12.0. The summed E-state index contributed by atoms with van der Waals surface area (Å²) in [6.07, 6.45) is 0. The fraction of sp³-hybridized carbons (Fsp3) is 0.0769. The summed E-state index contributed by atoms with van der Waals surface area (Å²) >= 11 is 2.20. The number of hydrogen-bond acceptors (Lipinski definition) is 2. The average Bonchev–Trinajstić information content (AvgIpc) is 2.30. The van der Waals surface area contributed by atoms with Gasteiger partial charge in [-0.3, -0.25) is 10.1 Å². The van der Waals surface area contributed by atoms with Gasteiger partial charge in [0.2, 0.25) is 0 Å². The minimum Gasteiger partial charge on any atom is -0.258 e. The lowest BCUT2D eigenvalue weighted by atomic mass is 9.99. The quantitative estimate of drug-likeness (QED) is 0.468. The van der Waals surface area contributed by atoms with Gasteiger partial charge in [0.25, 0.3) is 5.69 Å². The van der Waals surface area contributed by atoms with Gasteiger partial charge in [0, 0.05) is 15.2 Å². The monoisotopic (exact) mass is 339 g/mol. The average molecular weight is 339 g/mol. The number of aryl methyl sites for hydroxylation is 1. The lowest BCUT2D eigenvalue weighted by molar-refractivity contribution is -0.384. The Balaban J connectivity index is 2.75. The molecule has 0 atom stereocenters. The largest absolute Gasteiger partial charge is 0.277 e. The molecule has 2 rings (SSSR count). The lowest BCUT2D eigenvalue weighted by Gasteiger charge is -2.08. The Morgan fingerprint density at radius 1 is 1.12 bits per heavy atom. The third kappa shape index (κ3) is 2.31. The Morgan fingerprint density at radius 2 is 1.82 bits per heavy atom. The van der Waals surface area contributed by atoms with Gasteiger partial charge < -0.3 is 0 Å². The molecule has 0 saturated heterocycles. The van der Waals surface area contributed by atoms with Gasteiger partial charge in [-0.05, 0) is 41.1 Å². The van der Waals surface area contributed by atoms with Crippen LogP contribution < -0.4 is 0 Å². The predicted octanol–water partition coefficient (Wildman–Crippen LogP) is 4.17. The van der Waals surface area contributed by atoms with Crippen LogP contribution in [0.3, 0.4) is 0 Å². The molecule has 0 aliphatic heterocycles. The summed E-state index contributed by atoms with van der Waals surface area (Å²) in [5.74, 6) is 0. The fourth-order valence-corrected chi connectivity index (χ4v) is 2.48. The van der Waals surface area contributed by atoms with Crippen LogP contribution in [0.25, 0.3) is 11.1 Å². The Labute approximate surface area is 113 Å². The zero-order valence-corrected chi connectivity index (χ0v) is 11.3. The maximum atomic E-state index is 11.1. The van der Waals surface area contributed by atoms with Gasteiger partial charge >= 0.3 is 0 Å². The van der Waals surface area contributed by atoms with E-state index in [1.807, 2.05) is 37.3 Å². The Hall–Kier alpha value is -1.43. The van der Waals surface area contributed by atoms with Gasteiger partial charge in [-0.2, -0.15) is 0 Å². The second kappa shape index (κ2) is 4.83. The van der Waals surface area contributed by atoms with E-state index in [1.54, 1.807) is 12.1 Å². The number of rotatable bonds is 2. The zero-order valence-electron chi connectivity index (χ0n) is 9.18. The number of halogens is 1. The van der Waals surface area contributed by atoms with Crippen LogP contribution in [-0.2, 0) is 0 Å². The van der Waals surface area contributed by atoms with Crippen LogP contribution in [0.2, 0.25) is 0 Å². The minimum atomic E-state index is -0.328. The van der Waals surface area contributed by atoms with E-state index in [4.69, 9.17) is 0 Å². The van der Waals surface area contributed by atoms with Gasteiger partial charge in [-0.25, -0.2) is 0 Å². The Kier molecular flexibility index (Phi) is 3.42. The van der Waals surface area contributed by atoms with E-state index >= 15 is 0 Å². The molecule has 0 aromatic heterocycles. The summed E-state index contributed by atoms with van der Waals surface area (Å²) in [4.78, 5) is 10.7. The van der Waals surface area contributed by atoms with Gasteiger partial charge in [-0.1, -0.05) is 30.3 Å². The maximum Gasteiger partial charge on any atom is 0.277 e. The third-order valence-electron chi connectivity index (χ3n) is 2.59. The summed E-state index contributed by atoms with van der Waals surface area (Å²) in [5, 5.41) is 11.1. The molecule has 0 unspecified atom stereocenters. The van der Waals surface area contributed by atoms with Crippen molar-refractivity contribution in [2.45, 2.75) is 6.92 Å². The minimum absolute atomic E-state index is 0.161. The molecule has 0 aliphatic carbocycles. The summed E-state index contributed by atoms with van der Waals surface area (Å²) < 4.78 is 1.02. The van der Waals surface area contributed by atoms with Crippen LogP contribution in [0, 0.1) is 20.6 Å². The number of hydrogen-bond donors (Lipinski definition) is 0. The van der Waals surface area contributed by atoms with E-state index in [1.165, 1.54) is 0 Å². The molecule has 0 aliphatic rings. The van der Waals surface area contributed by atoms with Crippen molar-refractivity contribution < 1.29 is 4.92 Å². The fourth-order valence-electron chi connectivity index (χ4n) is 1.82. The second-order valence-electron chi connectivity index (χ2n) is 3.71. The normalized spacial score (nSPS) is 10.2. The molecule has 0 saturated carbocycles. The Bertz CT molecular complexity index is 581. The van der Waals surface area contributed by atoms with Crippen molar-refractivity contribution in [2.75, 3.05) is 0 Å². The van der Waals surface area contributed by atoms with Crippen LogP contribution in [-0.4, -0.2) is 4.92 Å². The lowest BCUT2D eigenvalue weighted by Crippen LogP contribution is -1.95. The van der Waals surface area contributed by atoms with Gasteiger partial charge in [-0.15, -0.1) is 0 Å². The number of nitro benzene ring substituents is 1. The highest BCUT2D eigenvalue weighted by atomic mass is 127. The number of nitrogens with zero attached hydrogens (tertiary/aromatic N) is 1. The Morgan fingerprint density at radius 3 is 2.47 bits per heavy atom. The molecule has 17 heavy (non-hydrogen) atoms. The second-order valence-corrected chi connectivity index (χ2v) is 4.87. The highest BCUT2D eigenvalue weighted by molar-refractivity contribution is 14.1. The van der Waals surface area contributed by atoms with E-state index in [2.05, 4.69) is 22.6 Å². The molecule has 0 amide bonds. The number of nitro groups is 1. The molecule has 4 heteroatoms. The van der Waals surface area contributed by atoms with Crippen molar-refractivity contribution in [3.63, 3.8) is 0 Å². The smallest absolute Gasteiger partial charge is 0.258 e. The molecule has 0 N–H and O–H groups in total. The molecule has 0 bridgehead atoms. The molecule has 0 radical (unpaired) electrons. The first-order chi connectivity index (χ1) is 8.11. The van der Waals surface area contributed by atoms with Crippen molar-refractivity contribution in [3.8, 4) is 11.1 Å². The van der Waals surface area contributed by atoms with Crippen LogP contribution in [0.1, 0.15) is 5.56 Å². The van der Waals surface area contributed by atoms with Crippen molar-refractivity contribution >= 4 is 28.3 Å². The van der Waals surface area contributed by atoms with Crippen LogP contribution in [0.15, 0.2) is 42.5 Å². The third-order valence-corrected chi connectivity index (χ3v) is 3.53. The van der Waals surface area contributed by atoms with Crippen molar-refractivity contribution in [3.05, 3.63) is 61.7 Å². The molecular weight excluding hydrogens is 329 g/mol. The van der Waals surface area contributed by atoms with E-state index < -0.39 is 0 Å². The molecular formula is C13H10INO2. The molecule has 86 valence electrons. The summed E-state index contributed by atoms with van der Waals surface area (Å²) in [6.45, 7) is 1.89. The molecule has 3 nitrogen and oxygen atoms in total. The first-order valence-corrected chi connectivity index (χ1v) is 6.18. The van der Waals surface area contributed by atoms with Crippen LogP contribution in [0.5, 0.6) is 0 Å². The van der Waals surface area contributed by atoms with E-state index in [0.29, 0.717) is 5.56 Å². The SMILES string of the molecule is Cc1cccc([N+](=O)[O-])c1-c1ccccc1I. The highest BCUT2D eigenvalue weighted by Gasteiger charge is 2.18. The maximum absolute atomic E-state index is 11.1. The predicted molar refractivity (Wildman–Crippen MR) is 76.0 cm³/mol. The first-order valence-electron chi connectivity index (χ1n) is 5.10. The van der Waals surface area contributed by atoms with Crippen LogP contribution >= 0.6 is 22.6 Å². The van der Waals surface area contributed by atoms with Crippen molar-refractivity contribution in [2.24, 2.45) is 0 Å². The van der Waals surface area contributed by atoms with Gasteiger partial charge in [0.1, 0.15) is 0 Å². The molecule has 0 spiro atoms. The molecule has 0 fully saturated rings. The van der Waals surface area contributed by atoms with Gasteiger partial charge in [0.15, 0.2) is 0 Å². The molecule has 0 heterocycles. The zero-order chi connectivity index (χ0) is 12.4. The van der Waals surface area contributed by atoms with E-state index in [9.17, 15) is 10.1 Å². The van der Waals surface area contributed by atoms with Crippen LogP contribution in [0.4, 0.5) is 5.69 Å². The number of benzene rings is 2. The summed E-state index contributed by atoms with van der Waals surface area (Å²) in [6, 6.07) is 12.8. The van der Waals surface area contributed by atoms with Gasteiger partial charge in [0.05, 0.1) is 10.5 Å². The standard InChI is InChI=1S/C13H10INO2/c1-9-5-4-8-12(15(16)17)13(9)10-6-2-3-7-11(10)14/h2-8H,1H3. The van der Waals surface area contributed by atoms with E-state index in [0.717, 1.165) is 14.7 Å². The molecule has 2 aromatic carbocycles. The highest BCUT2D eigenvalue weighted by Crippen LogP contribution is 2.35.